The number of pyridine rings is 1. The molecule has 3 rings (SSSR count). The van der Waals surface area contributed by atoms with Crippen molar-refractivity contribution in [1.82, 2.24) is 15.2 Å². The Hall–Kier alpha value is -2.56. The summed E-state index contributed by atoms with van der Waals surface area (Å²) in [5, 5.41) is 3.44. The maximum absolute atomic E-state index is 5.80. The van der Waals surface area contributed by atoms with E-state index >= 15 is 0 Å². The van der Waals surface area contributed by atoms with Crippen LogP contribution in [0.1, 0.15) is 37.9 Å². The summed E-state index contributed by atoms with van der Waals surface area (Å²) in [6, 6.07) is 14.0. The first-order valence-corrected chi connectivity index (χ1v) is 9.89. The lowest BCUT2D eigenvalue weighted by molar-refractivity contribution is 0.266. The fourth-order valence-corrected chi connectivity index (χ4v) is 3.31. The van der Waals surface area contributed by atoms with Gasteiger partial charge in [-0.3, -0.25) is 4.98 Å². The molecule has 1 N–H and O–H groups in total. The Morgan fingerprint density at radius 2 is 2.11 bits per heavy atom. The number of nitrogens with one attached hydrogen (secondary N) is 1. The molecule has 1 saturated heterocycles. The second-order valence-electron chi connectivity index (χ2n) is 7.12. The Morgan fingerprint density at radius 1 is 1.26 bits per heavy atom. The minimum absolute atomic E-state index is 0.482. The molecule has 0 amide bonds. The zero-order chi connectivity index (χ0) is 18.9. The lowest BCUT2D eigenvalue weighted by Crippen LogP contribution is -2.46. The van der Waals surface area contributed by atoms with Gasteiger partial charge in [0.05, 0.1) is 12.2 Å². The molecule has 1 atom stereocenters. The normalized spacial score (nSPS) is 17.6. The molecule has 1 aromatic heterocycles. The lowest BCUT2D eigenvalue weighted by atomic mass is 10.0. The summed E-state index contributed by atoms with van der Waals surface area (Å²) in [6.45, 7) is 8.67. The SMILES string of the molecule is CCNC(=NCc1ccc(OCc2ccccn2)cc1)N1CCCC(C)C1. The molecular formula is C22H30N4O. The van der Waals surface area contributed by atoms with Crippen LogP contribution in [0.15, 0.2) is 53.7 Å². The van der Waals surface area contributed by atoms with E-state index in [1.807, 2.05) is 30.3 Å². The van der Waals surface area contributed by atoms with Crippen LogP contribution < -0.4 is 10.1 Å². The van der Waals surface area contributed by atoms with Gasteiger partial charge in [0.25, 0.3) is 0 Å². The molecule has 0 aliphatic carbocycles. The second-order valence-corrected chi connectivity index (χ2v) is 7.12. The molecule has 0 saturated carbocycles. The van der Waals surface area contributed by atoms with E-state index in [1.165, 1.54) is 18.4 Å². The predicted molar refractivity (Wildman–Crippen MR) is 110 cm³/mol. The van der Waals surface area contributed by atoms with Gasteiger partial charge < -0.3 is 15.0 Å². The molecule has 144 valence electrons. The number of rotatable bonds is 6. The van der Waals surface area contributed by atoms with Gasteiger partial charge in [0.1, 0.15) is 12.4 Å². The minimum atomic E-state index is 0.482. The van der Waals surface area contributed by atoms with Crippen molar-refractivity contribution in [2.75, 3.05) is 19.6 Å². The van der Waals surface area contributed by atoms with E-state index in [4.69, 9.17) is 9.73 Å². The van der Waals surface area contributed by atoms with Crippen LogP contribution in [0.5, 0.6) is 5.75 Å². The van der Waals surface area contributed by atoms with Crippen LogP contribution in [-0.4, -0.2) is 35.5 Å². The van der Waals surface area contributed by atoms with Gasteiger partial charge in [-0.05, 0) is 55.5 Å². The lowest BCUT2D eigenvalue weighted by Gasteiger charge is -2.33. The quantitative estimate of drug-likeness (QED) is 0.623. The summed E-state index contributed by atoms with van der Waals surface area (Å²) in [4.78, 5) is 11.5. The average molecular weight is 367 g/mol. The van der Waals surface area contributed by atoms with Gasteiger partial charge in [0.2, 0.25) is 0 Å². The highest BCUT2D eigenvalue weighted by Gasteiger charge is 2.18. The number of nitrogens with zero attached hydrogens (tertiary/aromatic N) is 3. The number of aromatic nitrogens is 1. The summed E-state index contributed by atoms with van der Waals surface area (Å²) in [7, 11) is 0. The smallest absolute Gasteiger partial charge is 0.194 e. The second kappa shape index (κ2) is 9.95. The van der Waals surface area contributed by atoms with Crippen LogP contribution in [0.25, 0.3) is 0 Å². The standard InChI is InChI=1S/C22H30N4O/c1-3-23-22(26-14-6-7-18(2)16-26)25-15-19-9-11-21(12-10-19)27-17-20-8-4-5-13-24-20/h4-5,8-13,18H,3,6-7,14-17H2,1-2H3,(H,23,25). The zero-order valence-electron chi connectivity index (χ0n) is 16.4. The number of piperidine rings is 1. The molecule has 1 aliphatic heterocycles. The van der Waals surface area contributed by atoms with Gasteiger partial charge in [-0.2, -0.15) is 0 Å². The van der Waals surface area contributed by atoms with Crippen LogP contribution in [0.2, 0.25) is 0 Å². The van der Waals surface area contributed by atoms with Crippen LogP contribution in [0.3, 0.4) is 0 Å². The monoisotopic (exact) mass is 366 g/mol. The minimum Gasteiger partial charge on any atom is -0.487 e. The van der Waals surface area contributed by atoms with Gasteiger partial charge in [0, 0.05) is 25.8 Å². The highest BCUT2D eigenvalue weighted by Crippen LogP contribution is 2.17. The summed E-state index contributed by atoms with van der Waals surface area (Å²) >= 11 is 0. The third-order valence-electron chi connectivity index (χ3n) is 4.74. The van der Waals surface area contributed by atoms with Crippen LogP contribution >= 0.6 is 0 Å². The number of guanidine groups is 1. The highest BCUT2D eigenvalue weighted by molar-refractivity contribution is 5.80. The molecular weight excluding hydrogens is 336 g/mol. The van der Waals surface area contributed by atoms with Gasteiger partial charge in [-0.1, -0.05) is 25.1 Å². The van der Waals surface area contributed by atoms with Crippen molar-refractivity contribution in [2.45, 2.75) is 39.8 Å². The summed E-state index contributed by atoms with van der Waals surface area (Å²) < 4.78 is 5.80. The number of hydrogen-bond donors (Lipinski definition) is 1. The molecule has 2 aromatic rings. The Labute approximate surface area is 162 Å². The van der Waals surface area contributed by atoms with E-state index in [0.717, 1.165) is 43.0 Å². The molecule has 2 heterocycles. The average Bonchev–Trinajstić information content (AvgIpc) is 2.71. The Bertz CT molecular complexity index is 715. The predicted octanol–water partition coefficient (Wildman–Crippen LogP) is 3.86. The first-order chi connectivity index (χ1) is 13.2. The summed E-state index contributed by atoms with van der Waals surface area (Å²) in [5.74, 6) is 2.61. The molecule has 1 aliphatic rings. The molecule has 1 aromatic carbocycles. The number of likely N-dealkylation sites (tertiary alicyclic amines) is 1. The first-order valence-electron chi connectivity index (χ1n) is 9.89. The topological polar surface area (TPSA) is 49.8 Å². The summed E-state index contributed by atoms with van der Waals surface area (Å²) in [5.41, 5.74) is 2.11. The molecule has 5 nitrogen and oxygen atoms in total. The number of hydrogen-bond acceptors (Lipinski definition) is 3. The highest BCUT2D eigenvalue weighted by atomic mass is 16.5. The van der Waals surface area contributed by atoms with Crippen molar-refractivity contribution in [3.63, 3.8) is 0 Å². The fourth-order valence-electron chi connectivity index (χ4n) is 3.31. The van der Waals surface area contributed by atoms with Crippen molar-refractivity contribution >= 4 is 5.96 Å². The van der Waals surface area contributed by atoms with Crippen molar-refractivity contribution in [3.8, 4) is 5.75 Å². The Balaban J connectivity index is 1.56. The van der Waals surface area contributed by atoms with Gasteiger partial charge in [-0.15, -0.1) is 0 Å². The molecule has 27 heavy (non-hydrogen) atoms. The van der Waals surface area contributed by atoms with Crippen molar-refractivity contribution in [2.24, 2.45) is 10.9 Å². The van der Waals surface area contributed by atoms with Gasteiger partial charge in [0.15, 0.2) is 5.96 Å². The third kappa shape index (κ3) is 5.98. The molecule has 1 fully saturated rings. The number of aliphatic imine (C=N–C) groups is 1. The van der Waals surface area contributed by atoms with Crippen molar-refractivity contribution in [1.29, 1.82) is 0 Å². The van der Waals surface area contributed by atoms with Gasteiger partial charge in [-0.25, -0.2) is 4.99 Å². The van der Waals surface area contributed by atoms with E-state index in [-0.39, 0.29) is 0 Å². The molecule has 0 radical (unpaired) electrons. The first kappa shape index (κ1) is 19.2. The van der Waals surface area contributed by atoms with E-state index in [1.54, 1.807) is 6.20 Å². The zero-order valence-corrected chi connectivity index (χ0v) is 16.4. The number of benzene rings is 1. The van der Waals surface area contributed by atoms with Crippen molar-refractivity contribution < 1.29 is 4.74 Å². The molecule has 5 heteroatoms. The van der Waals surface area contributed by atoms with Crippen molar-refractivity contribution in [3.05, 3.63) is 59.9 Å². The molecule has 0 spiro atoms. The number of ether oxygens (including phenoxy) is 1. The van der Waals surface area contributed by atoms with E-state index in [9.17, 15) is 0 Å². The van der Waals surface area contributed by atoms with E-state index in [2.05, 4.69) is 41.2 Å². The Morgan fingerprint density at radius 3 is 2.81 bits per heavy atom. The largest absolute Gasteiger partial charge is 0.487 e. The van der Waals surface area contributed by atoms with Crippen LogP contribution in [-0.2, 0) is 13.2 Å². The van der Waals surface area contributed by atoms with E-state index in [0.29, 0.717) is 13.2 Å². The Kier molecular flexibility index (Phi) is 7.08. The van der Waals surface area contributed by atoms with Crippen LogP contribution in [0.4, 0.5) is 0 Å². The fraction of sp³-hybridized carbons (Fsp3) is 0.455. The van der Waals surface area contributed by atoms with Gasteiger partial charge >= 0.3 is 0 Å². The van der Waals surface area contributed by atoms with E-state index < -0.39 is 0 Å². The maximum Gasteiger partial charge on any atom is 0.194 e. The molecule has 0 bridgehead atoms. The molecule has 1 unspecified atom stereocenters. The summed E-state index contributed by atoms with van der Waals surface area (Å²) in [6.07, 6.45) is 4.34. The maximum atomic E-state index is 5.80. The third-order valence-corrected chi connectivity index (χ3v) is 4.74. The van der Waals surface area contributed by atoms with Crippen LogP contribution in [0, 0.1) is 5.92 Å².